The maximum Gasteiger partial charge on any atom is 0.114 e. The van der Waals surface area contributed by atoms with Gasteiger partial charge in [0.15, 0.2) is 0 Å². The highest BCUT2D eigenvalue weighted by molar-refractivity contribution is 8.22. The second kappa shape index (κ2) is 51.6. The van der Waals surface area contributed by atoms with E-state index in [4.69, 9.17) is 17.5 Å². The molecule has 7 aromatic rings. The lowest BCUT2D eigenvalue weighted by molar-refractivity contribution is 0.393. The lowest BCUT2D eigenvalue weighted by atomic mass is 9.68. The fraction of sp³-hybridized carbons (Fsp3) is 0.725. The quantitative estimate of drug-likeness (QED) is 0.0354. The minimum Gasteiger partial charge on any atom is -0.173 e. The van der Waals surface area contributed by atoms with Crippen LogP contribution in [0.15, 0.2) is 40.6 Å². The monoisotopic (exact) mass is 1630 g/mol. The van der Waals surface area contributed by atoms with Gasteiger partial charge in [-0.25, -0.2) is 0 Å². The first-order valence-corrected chi connectivity index (χ1v) is 53.4. The van der Waals surface area contributed by atoms with Crippen molar-refractivity contribution in [2.24, 2.45) is 0 Å². The van der Waals surface area contributed by atoms with Crippen LogP contribution >= 0.6 is 69.7 Å². The summed E-state index contributed by atoms with van der Waals surface area (Å²) in [5.41, 5.74) is 23.7. The van der Waals surface area contributed by atoms with Gasteiger partial charge in [0, 0.05) is 58.2 Å². The Bertz CT molecular complexity index is 3740. The van der Waals surface area contributed by atoms with E-state index in [1.54, 1.807) is 22.3 Å². The molecule has 0 saturated carbocycles. The van der Waals surface area contributed by atoms with Gasteiger partial charge < -0.3 is 0 Å². The summed E-state index contributed by atoms with van der Waals surface area (Å²) in [6, 6.07) is 16.4. The van der Waals surface area contributed by atoms with E-state index in [-0.39, 0.29) is 10.8 Å². The predicted molar refractivity (Wildman–Crippen MR) is 508 cm³/mol. The van der Waals surface area contributed by atoms with Gasteiger partial charge >= 0.3 is 0 Å². The van der Waals surface area contributed by atoms with Gasteiger partial charge in [-0.2, -0.15) is 17.5 Å². The zero-order valence-electron chi connectivity index (χ0n) is 73.0. The van der Waals surface area contributed by atoms with Gasteiger partial charge in [-0.1, -0.05) is 407 Å². The number of benzene rings is 3. The molecule has 0 radical (unpaired) electrons. The van der Waals surface area contributed by atoms with Crippen molar-refractivity contribution in [3.05, 3.63) is 84.5 Å². The first-order chi connectivity index (χ1) is 55.3. The van der Waals surface area contributed by atoms with E-state index in [1.165, 1.54) is 506 Å². The highest BCUT2D eigenvalue weighted by Gasteiger charge is 2.50. The SMILES string of the molecule is CCCCCCCCCCCCCCCCC1(CCCCCCCCCCCCCCCC)c2cc3c(cc2-c2c1cc(C)c1nsnc21)C(CCCCCCCCCCCCCCCC)(CCCCCCCCCCCCCCCC)c1cc(-c2cc4c(s2)-c2sc(C)cc2C4=C(SCCC)SCCC)c2nsnc2c1-3. The molecule has 0 N–H and O–H groups in total. The molecule has 3 aromatic carbocycles. The summed E-state index contributed by atoms with van der Waals surface area (Å²) in [6.45, 7) is 18.8. The number of hydrogen-bond donors (Lipinski definition) is 0. The lowest BCUT2D eigenvalue weighted by Crippen LogP contribution is -2.27. The minimum absolute atomic E-state index is 0.101. The number of thioether (sulfide) groups is 2. The normalized spacial score (nSPS) is 13.7. The predicted octanol–water partition coefficient (Wildman–Crippen LogP) is 37.1. The second-order valence-corrected chi connectivity index (χ2v) is 41.5. The lowest BCUT2D eigenvalue weighted by Gasteiger charge is -2.35. The minimum atomic E-state index is -0.164. The third kappa shape index (κ3) is 25.6. The topological polar surface area (TPSA) is 51.6 Å². The highest BCUT2D eigenvalue weighted by atomic mass is 32.2. The molecule has 0 atom stereocenters. The van der Waals surface area contributed by atoms with Crippen molar-refractivity contribution < 1.29 is 0 Å². The third-order valence-corrected chi connectivity index (χ3v) is 32.8. The Hall–Kier alpha value is -2.86. The Morgan fingerprint density at radius 1 is 0.277 bits per heavy atom. The number of thiophene rings is 2. The average molecular weight is 1630 g/mol. The van der Waals surface area contributed by atoms with Gasteiger partial charge in [-0.15, -0.1) is 46.2 Å². The summed E-state index contributed by atoms with van der Waals surface area (Å²) < 4.78 is 23.3. The summed E-state index contributed by atoms with van der Waals surface area (Å²) in [7, 11) is 0. The fourth-order valence-electron chi connectivity index (χ4n) is 20.1. The van der Waals surface area contributed by atoms with Crippen molar-refractivity contribution in [2.75, 3.05) is 11.5 Å². The number of nitrogens with zero attached hydrogens (tertiary/aromatic N) is 4. The van der Waals surface area contributed by atoms with E-state index >= 15 is 0 Å². The summed E-state index contributed by atoms with van der Waals surface area (Å²) in [5, 5.41) is 0. The van der Waals surface area contributed by atoms with E-state index in [9.17, 15) is 0 Å². The zero-order valence-corrected chi connectivity index (χ0v) is 77.9. The smallest absolute Gasteiger partial charge is 0.114 e. The van der Waals surface area contributed by atoms with Crippen molar-refractivity contribution >= 4 is 97.3 Å². The van der Waals surface area contributed by atoms with Gasteiger partial charge in [0.25, 0.3) is 0 Å². The van der Waals surface area contributed by atoms with Gasteiger partial charge in [0.2, 0.25) is 0 Å². The first-order valence-electron chi connectivity index (χ1n) is 48.3. The van der Waals surface area contributed by atoms with Crippen LogP contribution in [0.1, 0.15) is 483 Å². The van der Waals surface area contributed by atoms with Crippen LogP contribution in [0.4, 0.5) is 0 Å². The largest absolute Gasteiger partial charge is 0.173 e. The molecule has 3 aliphatic carbocycles. The Morgan fingerprint density at radius 2 is 0.562 bits per heavy atom. The summed E-state index contributed by atoms with van der Waals surface area (Å²) in [4.78, 5) is 5.76. The van der Waals surface area contributed by atoms with E-state index in [0.29, 0.717) is 0 Å². The Balaban J connectivity index is 1.03. The van der Waals surface area contributed by atoms with Crippen molar-refractivity contribution in [2.45, 2.75) is 464 Å². The van der Waals surface area contributed by atoms with Crippen molar-refractivity contribution in [3.8, 4) is 42.4 Å². The van der Waals surface area contributed by atoms with E-state index in [1.807, 2.05) is 11.3 Å². The van der Waals surface area contributed by atoms with E-state index in [0.717, 1.165) is 22.5 Å². The van der Waals surface area contributed by atoms with Crippen LogP contribution in [-0.2, 0) is 10.8 Å². The molecular formula is C102H158N4S6. The maximum absolute atomic E-state index is 5.66. The molecule has 4 aromatic heterocycles. The number of hydrogen-bond acceptors (Lipinski definition) is 10. The van der Waals surface area contributed by atoms with E-state index in [2.05, 4.69) is 127 Å². The summed E-state index contributed by atoms with van der Waals surface area (Å²) in [5.74, 6) is 2.30. The molecule has 0 unspecified atom stereocenters. The van der Waals surface area contributed by atoms with Crippen LogP contribution in [-0.4, -0.2) is 29.0 Å². The zero-order chi connectivity index (χ0) is 78.3. The second-order valence-electron chi connectivity index (χ2n) is 35.7. The first kappa shape index (κ1) is 91.4. The Kier molecular flexibility index (Phi) is 42.1. The Morgan fingerprint density at radius 3 is 0.911 bits per heavy atom. The number of aromatic nitrogens is 4. The van der Waals surface area contributed by atoms with Crippen molar-refractivity contribution in [1.82, 2.24) is 17.5 Å². The van der Waals surface area contributed by atoms with Crippen LogP contribution in [0.3, 0.4) is 0 Å². The number of unbranched alkanes of at least 4 members (excludes halogenated alkanes) is 52. The average Bonchev–Trinajstić information content (AvgIpc) is 1.51. The highest BCUT2D eigenvalue weighted by Crippen LogP contribution is 2.65. The number of fused-ring (bicyclic) bond motifs is 13. The fourth-order valence-corrected chi connectivity index (χ4v) is 26.0. The van der Waals surface area contributed by atoms with Gasteiger partial charge in [-0.05, 0) is 133 Å². The molecule has 4 heterocycles. The molecule has 10 heteroatoms. The molecule has 622 valence electrons. The molecule has 112 heavy (non-hydrogen) atoms. The molecule has 0 aliphatic heterocycles. The molecule has 0 fully saturated rings. The number of aryl methyl sites for hydroxylation is 2. The summed E-state index contributed by atoms with van der Waals surface area (Å²) in [6.07, 6.45) is 84.7. The molecule has 0 amide bonds. The van der Waals surface area contributed by atoms with Gasteiger partial charge in [-0.3, -0.25) is 0 Å². The van der Waals surface area contributed by atoms with E-state index < -0.39 is 0 Å². The third-order valence-electron chi connectivity index (χ3n) is 26.5. The van der Waals surface area contributed by atoms with Crippen LogP contribution in [0.5, 0.6) is 0 Å². The maximum atomic E-state index is 5.66. The van der Waals surface area contributed by atoms with Gasteiger partial charge in [0.05, 0.1) is 33.2 Å². The molecule has 10 rings (SSSR count). The van der Waals surface area contributed by atoms with Crippen LogP contribution in [0.2, 0.25) is 0 Å². The standard InChI is InChI=1S/C102H158N4S6/c1-9-15-19-23-27-31-35-39-43-47-51-55-59-63-67-101(68-64-60-56-52-48-44-40-36-32-28-24-20-16-10-2)86-76-82-87(75-81(86)92-88(101)73-79(7)94-96(92)105-111-103-94)102(69-65-61-57-53-49-45-41-37-33-29-25-21-17-11-3,70-66-62-58-54-50-46-42-38-34-30-26-22-18-12-4)89-77-83(95-97(93(82)89)106-112-104-95)90-78-85-91(100(107-71-13-5)108-72-14-6)84-74-80(8)109-98(84)99(85)110-90/h73-78H,9-72H2,1-8H3. The number of rotatable bonds is 67. The molecule has 4 nitrogen and oxygen atoms in total. The Labute approximate surface area is 711 Å². The molecule has 3 aliphatic rings. The molecule has 0 bridgehead atoms. The molecule has 0 saturated heterocycles. The van der Waals surface area contributed by atoms with Crippen LogP contribution in [0, 0.1) is 13.8 Å². The van der Waals surface area contributed by atoms with Crippen molar-refractivity contribution in [3.63, 3.8) is 0 Å². The summed E-state index contributed by atoms with van der Waals surface area (Å²) >= 11 is 11.2. The van der Waals surface area contributed by atoms with Gasteiger partial charge in [0.1, 0.15) is 22.1 Å². The van der Waals surface area contributed by atoms with Crippen molar-refractivity contribution in [1.29, 1.82) is 0 Å². The van der Waals surface area contributed by atoms with Crippen LogP contribution < -0.4 is 0 Å². The van der Waals surface area contributed by atoms with Crippen LogP contribution in [0.25, 0.3) is 70.1 Å². The molecular weight excluding hydrogens is 1470 g/mol. The molecule has 0 spiro atoms.